The van der Waals surface area contributed by atoms with E-state index in [1.165, 1.54) is 12.1 Å². The predicted molar refractivity (Wildman–Crippen MR) is 164 cm³/mol. The van der Waals surface area contributed by atoms with E-state index in [4.69, 9.17) is 0 Å². The van der Waals surface area contributed by atoms with Crippen molar-refractivity contribution < 1.29 is 23.5 Å². The topological polar surface area (TPSA) is 72.9 Å². The Hall–Kier alpha value is -3.78. The summed E-state index contributed by atoms with van der Waals surface area (Å²) in [5, 5.41) is 14.0. The Morgan fingerprint density at radius 2 is 1.52 bits per heavy atom. The van der Waals surface area contributed by atoms with E-state index in [2.05, 4.69) is 5.32 Å². The lowest BCUT2D eigenvalue weighted by molar-refractivity contribution is 0.0755. The molecule has 8 heteroatoms. The molecule has 3 aromatic carbocycles. The Labute approximate surface area is 248 Å². The van der Waals surface area contributed by atoms with E-state index in [1.807, 2.05) is 63.9 Å². The lowest BCUT2D eigenvalue weighted by Gasteiger charge is -2.27. The van der Waals surface area contributed by atoms with Gasteiger partial charge in [-0.25, -0.2) is 8.78 Å². The van der Waals surface area contributed by atoms with Crippen molar-refractivity contribution in [3.8, 4) is 0 Å². The number of carbonyl (C=O) groups excluding carboxylic acids is 2. The molecule has 0 aliphatic heterocycles. The highest BCUT2D eigenvalue weighted by Gasteiger charge is 2.22. The van der Waals surface area contributed by atoms with E-state index in [-0.39, 0.29) is 18.7 Å². The smallest absolute Gasteiger partial charge is 0.253 e. The molecule has 2 amide bonds. The fourth-order valence-corrected chi connectivity index (χ4v) is 5.24. The lowest BCUT2D eigenvalue weighted by Crippen LogP contribution is -2.41. The Balaban J connectivity index is 1.83. The van der Waals surface area contributed by atoms with Gasteiger partial charge < -0.3 is 20.2 Å². The van der Waals surface area contributed by atoms with Gasteiger partial charge in [0.15, 0.2) is 0 Å². The zero-order valence-electron chi connectivity index (χ0n) is 25.3. The number of likely N-dealkylation sites (N-methyl/N-ethyl adjacent to an activating group) is 1. The highest BCUT2D eigenvalue weighted by molar-refractivity contribution is 6.00. The Morgan fingerprint density at radius 1 is 0.881 bits per heavy atom. The molecule has 0 aliphatic rings. The molecule has 226 valence electrons. The standard InChI is InChI=1S/C34H43F2N3O3/c1-6-11-39(12-7-2)34(42)27-14-24(4)13-26(19-27)33(41)37-30(18-25-16-28(35)20-29(36)17-25)21-32(40)22-38(5)31-10-8-9-23(3)15-31/h8-10,13-17,19-20,30,32,40H,6-7,11-12,18,21-22H2,1-5H3,(H,37,41)/t30?,32-/m0/s1. The van der Waals surface area contributed by atoms with Gasteiger partial charge in [-0.1, -0.05) is 26.0 Å². The highest BCUT2D eigenvalue weighted by Crippen LogP contribution is 2.19. The van der Waals surface area contributed by atoms with Crippen LogP contribution in [-0.2, 0) is 6.42 Å². The molecule has 3 aromatic rings. The van der Waals surface area contributed by atoms with Gasteiger partial charge in [-0.3, -0.25) is 9.59 Å². The number of nitrogens with one attached hydrogen (secondary N) is 1. The zero-order chi connectivity index (χ0) is 30.8. The molecule has 0 saturated carbocycles. The molecule has 0 aromatic heterocycles. The van der Waals surface area contributed by atoms with E-state index in [0.717, 1.165) is 35.7 Å². The van der Waals surface area contributed by atoms with Gasteiger partial charge >= 0.3 is 0 Å². The fraction of sp³-hybridized carbons (Fsp3) is 0.412. The zero-order valence-corrected chi connectivity index (χ0v) is 25.3. The van der Waals surface area contributed by atoms with Crippen LogP contribution in [0.4, 0.5) is 14.5 Å². The number of rotatable bonds is 14. The third kappa shape index (κ3) is 9.65. The first-order valence-electron chi connectivity index (χ1n) is 14.6. The highest BCUT2D eigenvalue weighted by atomic mass is 19.1. The van der Waals surface area contributed by atoms with Crippen molar-refractivity contribution in [2.75, 3.05) is 31.6 Å². The summed E-state index contributed by atoms with van der Waals surface area (Å²) < 4.78 is 28.0. The van der Waals surface area contributed by atoms with Crippen molar-refractivity contribution in [1.29, 1.82) is 0 Å². The van der Waals surface area contributed by atoms with Crippen LogP contribution in [0, 0.1) is 25.5 Å². The van der Waals surface area contributed by atoms with E-state index in [0.29, 0.717) is 36.3 Å². The molecule has 0 fully saturated rings. The van der Waals surface area contributed by atoms with Crippen LogP contribution >= 0.6 is 0 Å². The van der Waals surface area contributed by atoms with E-state index >= 15 is 0 Å². The van der Waals surface area contributed by atoms with Gasteiger partial charge in [-0.05, 0) is 98.7 Å². The van der Waals surface area contributed by atoms with Crippen molar-refractivity contribution in [3.05, 3.63) is 100 Å². The fourth-order valence-electron chi connectivity index (χ4n) is 5.24. The SMILES string of the molecule is CCCN(CCC)C(=O)c1cc(C)cc(C(=O)NC(Cc2cc(F)cc(F)c2)C[C@H](O)CN(C)c2cccc(C)c2)c1. The molecule has 6 nitrogen and oxygen atoms in total. The first kappa shape index (κ1) is 32.7. The van der Waals surface area contributed by atoms with Gasteiger partial charge in [-0.2, -0.15) is 0 Å². The van der Waals surface area contributed by atoms with Crippen LogP contribution in [0.25, 0.3) is 0 Å². The monoisotopic (exact) mass is 579 g/mol. The van der Waals surface area contributed by atoms with Gasteiger partial charge in [0.25, 0.3) is 11.8 Å². The van der Waals surface area contributed by atoms with Crippen molar-refractivity contribution in [2.24, 2.45) is 0 Å². The van der Waals surface area contributed by atoms with Gasteiger partial charge in [0, 0.05) is 55.6 Å². The van der Waals surface area contributed by atoms with Crippen LogP contribution in [0.15, 0.2) is 60.7 Å². The van der Waals surface area contributed by atoms with E-state index < -0.39 is 29.7 Å². The van der Waals surface area contributed by atoms with Crippen LogP contribution in [-0.4, -0.2) is 60.6 Å². The summed E-state index contributed by atoms with van der Waals surface area (Å²) in [5.41, 5.74) is 3.92. The lowest BCUT2D eigenvalue weighted by atomic mass is 9.98. The number of halogens is 2. The molecule has 0 radical (unpaired) electrons. The molecule has 0 spiro atoms. The minimum absolute atomic E-state index is 0.115. The predicted octanol–water partition coefficient (Wildman–Crippen LogP) is 6.07. The Morgan fingerprint density at radius 3 is 2.14 bits per heavy atom. The first-order valence-corrected chi connectivity index (χ1v) is 14.6. The summed E-state index contributed by atoms with van der Waals surface area (Å²) in [6.45, 7) is 9.40. The third-order valence-electron chi connectivity index (χ3n) is 7.08. The van der Waals surface area contributed by atoms with Crippen molar-refractivity contribution in [2.45, 2.75) is 65.5 Å². The number of carbonyl (C=O) groups is 2. The van der Waals surface area contributed by atoms with Crippen LogP contribution in [0.5, 0.6) is 0 Å². The maximum Gasteiger partial charge on any atom is 0.253 e. The van der Waals surface area contributed by atoms with Crippen LogP contribution < -0.4 is 10.2 Å². The average Bonchev–Trinajstić information content (AvgIpc) is 2.91. The number of hydrogen-bond acceptors (Lipinski definition) is 4. The number of aliphatic hydroxyl groups excluding tert-OH is 1. The quantitative estimate of drug-likeness (QED) is 0.243. The number of aliphatic hydroxyl groups is 1. The third-order valence-corrected chi connectivity index (χ3v) is 7.08. The second-order valence-electron chi connectivity index (χ2n) is 11.1. The molecule has 0 bridgehead atoms. The maximum atomic E-state index is 14.0. The number of benzene rings is 3. The maximum absolute atomic E-state index is 14.0. The normalized spacial score (nSPS) is 12.5. The molecule has 0 saturated heterocycles. The molecule has 3 rings (SSSR count). The number of hydrogen-bond donors (Lipinski definition) is 2. The molecule has 1 unspecified atom stereocenters. The molecular weight excluding hydrogens is 536 g/mol. The van der Waals surface area contributed by atoms with Gasteiger partial charge in [-0.15, -0.1) is 0 Å². The Kier molecular flexibility index (Phi) is 12.0. The minimum atomic E-state index is -0.842. The van der Waals surface area contributed by atoms with Crippen molar-refractivity contribution >= 4 is 17.5 Å². The van der Waals surface area contributed by atoms with Crippen molar-refractivity contribution in [1.82, 2.24) is 10.2 Å². The summed E-state index contributed by atoms with van der Waals surface area (Å²) in [6.07, 6.45) is 1.08. The number of anilines is 1. The molecule has 42 heavy (non-hydrogen) atoms. The van der Waals surface area contributed by atoms with E-state index in [1.54, 1.807) is 23.1 Å². The Bertz CT molecular complexity index is 1340. The van der Waals surface area contributed by atoms with Crippen LogP contribution in [0.1, 0.15) is 70.5 Å². The second-order valence-corrected chi connectivity index (χ2v) is 11.1. The summed E-state index contributed by atoms with van der Waals surface area (Å²) >= 11 is 0. The summed E-state index contributed by atoms with van der Waals surface area (Å²) in [5.74, 6) is -1.97. The van der Waals surface area contributed by atoms with Gasteiger partial charge in [0.2, 0.25) is 0 Å². The number of aryl methyl sites for hydroxylation is 2. The summed E-state index contributed by atoms with van der Waals surface area (Å²) in [6, 6.07) is 15.6. The van der Waals surface area contributed by atoms with E-state index in [9.17, 15) is 23.5 Å². The largest absolute Gasteiger partial charge is 0.391 e. The molecule has 2 atom stereocenters. The van der Waals surface area contributed by atoms with Crippen LogP contribution in [0.3, 0.4) is 0 Å². The summed E-state index contributed by atoms with van der Waals surface area (Å²) in [4.78, 5) is 30.5. The average molecular weight is 580 g/mol. The van der Waals surface area contributed by atoms with Crippen LogP contribution in [0.2, 0.25) is 0 Å². The molecule has 0 aliphatic carbocycles. The van der Waals surface area contributed by atoms with Gasteiger partial charge in [0.1, 0.15) is 11.6 Å². The number of nitrogens with zero attached hydrogens (tertiary/aromatic N) is 2. The summed E-state index contributed by atoms with van der Waals surface area (Å²) in [7, 11) is 1.87. The molecule has 2 N–H and O–H groups in total. The minimum Gasteiger partial charge on any atom is -0.391 e. The second kappa shape index (κ2) is 15.4. The van der Waals surface area contributed by atoms with Gasteiger partial charge in [0.05, 0.1) is 6.10 Å². The van der Waals surface area contributed by atoms with Crippen molar-refractivity contribution in [3.63, 3.8) is 0 Å². The first-order chi connectivity index (χ1) is 20.0. The molecule has 0 heterocycles. The molecular formula is C34H43F2N3O3. The number of amides is 2.